The average molecular weight is 284 g/mol. The van der Waals surface area contributed by atoms with Gasteiger partial charge in [0.25, 0.3) is 0 Å². The molecule has 0 spiro atoms. The molecule has 0 radical (unpaired) electrons. The van der Waals surface area contributed by atoms with Crippen LogP contribution in [0.4, 0.5) is 16.0 Å². The van der Waals surface area contributed by atoms with E-state index in [2.05, 4.69) is 25.8 Å². The SMILES string of the molecule is O=C(Nc1ccc(F)c(Cl)c1)C(=O)Nc1ncn[nH]1. The number of H-pyrrole nitrogens is 1. The molecule has 98 valence electrons. The second kappa shape index (κ2) is 5.44. The summed E-state index contributed by atoms with van der Waals surface area (Å²) in [5.41, 5.74) is 0.198. The number of nitrogens with one attached hydrogen (secondary N) is 3. The zero-order chi connectivity index (χ0) is 13.8. The third-order valence-electron chi connectivity index (χ3n) is 2.03. The molecule has 0 fully saturated rings. The van der Waals surface area contributed by atoms with E-state index in [1.807, 2.05) is 0 Å². The minimum Gasteiger partial charge on any atom is -0.318 e. The molecule has 2 amide bonds. The number of hydrogen-bond acceptors (Lipinski definition) is 4. The number of aromatic amines is 1. The van der Waals surface area contributed by atoms with Crippen LogP contribution in [-0.2, 0) is 9.59 Å². The van der Waals surface area contributed by atoms with Crippen LogP contribution in [0.5, 0.6) is 0 Å². The second-order valence-corrected chi connectivity index (χ2v) is 3.78. The molecule has 7 nitrogen and oxygen atoms in total. The smallest absolute Gasteiger partial charge is 0.316 e. The van der Waals surface area contributed by atoms with Gasteiger partial charge in [0.2, 0.25) is 5.95 Å². The molecule has 1 aromatic carbocycles. The largest absolute Gasteiger partial charge is 0.318 e. The first-order chi connectivity index (χ1) is 9.06. The van der Waals surface area contributed by atoms with E-state index < -0.39 is 17.6 Å². The highest BCUT2D eigenvalue weighted by Gasteiger charge is 2.15. The van der Waals surface area contributed by atoms with Gasteiger partial charge in [-0.05, 0) is 18.2 Å². The highest BCUT2D eigenvalue weighted by Crippen LogP contribution is 2.19. The van der Waals surface area contributed by atoms with Crippen molar-refractivity contribution in [2.75, 3.05) is 10.6 Å². The third-order valence-corrected chi connectivity index (χ3v) is 2.32. The molecular weight excluding hydrogens is 277 g/mol. The van der Waals surface area contributed by atoms with Gasteiger partial charge in [0, 0.05) is 5.69 Å². The van der Waals surface area contributed by atoms with Gasteiger partial charge in [0.1, 0.15) is 12.1 Å². The molecule has 0 unspecified atom stereocenters. The number of hydrogen-bond donors (Lipinski definition) is 3. The van der Waals surface area contributed by atoms with E-state index in [9.17, 15) is 14.0 Å². The monoisotopic (exact) mass is 283 g/mol. The Morgan fingerprint density at radius 3 is 2.63 bits per heavy atom. The van der Waals surface area contributed by atoms with E-state index in [0.717, 1.165) is 6.07 Å². The minimum absolute atomic E-state index is 0.0392. The fraction of sp³-hybridized carbons (Fsp3) is 0. The van der Waals surface area contributed by atoms with Crippen molar-refractivity contribution in [1.29, 1.82) is 0 Å². The normalized spacial score (nSPS) is 10.0. The summed E-state index contributed by atoms with van der Waals surface area (Å²) in [6.07, 6.45) is 1.17. The number of anilines is 2. The Labute approximate surface area is 111 Å². The Hall–Kier alpha value is -2.48. The summed E-state index contributed by atoms with van der Waals surface area (Å²) < 4.78 is 12.9. The van der Waals surface area contributed by atoms with Crippen LogP contribution in [0.25, 0.3) is 0 Å². The predicted octanol–water partition coefficient (Wildman–Crippen LogP) is 1.17. The summed E-state index contributed by atoms with van der Waals surface area (Å²) in [6.45, 7) is 0. The molecule has 0 aliphatic rings. The summed E-state index contributed by atoms with van der Waals surface area (Å²) in [6, 6.07) is 3.55. The first kappa shape index (κ1) is 13.0. The molecular formula is C10H7ClFN5O2. The van der Waals surface area contributed by atoms with Gasteiger partial charge in [-0.25, -0.2) is 9.49 Å². The van der Waals surface area contributed by atoms with E-state index in [0.29, 0.717) is 0 Å². The van der Waals surface area contributed by atoms with Crippen molar-refractivity contribution in [3.05, 3.63) is 35.4 Å². The van der Waals surface area contributed by atoms with Crippen LogP contribution in [0, 0.1) is 5.82 Å². The van der Waals surface area contributed by atoms with Gasteiger partial charge in [-0.15, -0.1) is 0 Å². The molecule has 2 rings (SSSR count). The Morgan fingerprint density at radius 1 is 1.26 bits per heavy atom. The van der Waals surface area contributed by atoms with Crippen LogP contribution in [0.2, 0.25) is 5.02 Å². The summed E-state index contributed by atoms with van der Waals surface area (Å²) in [4.78, 5) is 26.6. The number of benzene rings is 1. The van der Waals surface area contributed by atoms with Crippen molar-refractivity contribution < 1.29 is 14.0 Å². The van der Waals surface area contributed by atoms with E-state index in [1.165, 1.54) is 18.5 Å². The summed E-state index contributed by atoms with van der Waals surface area (Å²) in [5, 5.41) is 10.1. The van der Waals surface area contributed by atoms with Crippen LogP contribution in [0.1, 0.15) is 0 Å². The van der Waals surface area contributed by atoms with E-state index in [-0.39, 0.29) is 16.7 Å². The molecule has 1 heterocycles. The van der Waals surface area contributed by atoms with Crippen LogP contribution in [0.15, 0.2) is 24.5 Å². The molecule has 1 aromatic heterocycles. The number of rotatable bonds is 2. The van der Waals surface area contributed by atoms with Gasteiger partial charge in [-0.1, -0.05) is 11.6 Å². The fourth-order valence-electron chi connectivity index (χ4n) is 1.19. The highest BCUT2D eigenvalue weighted by atomic mass is 35.5. The summed E-state index contributed by atoms with van der Waals surface area (Å²) in [7, 11) is 0. The van der Waals surface area contributed by atoms with Gasteiger partial charge in [0.05, 0.1) is 5.02 Å². The Kier molecular flexibility index (Phi) is 3.71. The first-order valence-corrected chi connectivity index (χ1v) is 5.37. The number of amides is 2. The second-order valence-electron chi connectivity index (χ2n) is 3.37. The van der Waals surface area contributed by atoms with Gasteiger partial charge in [0.15, 0.2) is 0 Å². The first-order valence-electron chi connectivity index (χ1n) is 4.99. The van der Waals surface area contributed by atoms with E-state index >= 15 is 0 Å². The maximum absolute atomic E-state index is 12.9. The number of halogens is 2. The molecule has 0 bridgehead atoms. The zero-order valence-electron chi connectivity index (χ0n) is 9.28. The number of carbonyl (C=O) groups excluding carboxylic acids is 2. The van der Waals surface area contributed by atoms with Gasteiger partial charge in [-0.3, -0.25) is 14.9 Å². The van der Waals surface area contributed by atoms with Gasteiger partial charge >= 0.3 is 11.8 Å². The molecule has 0 atom stereocenters. The molecule has 0 saturated heterocycles. The van der Waals surface area contributed by atoms with Crippen LogP contribution in [0.3, 0.4) is 0 Å². The topological polar surface area (TPSA) is 99.8 Å². The third kappa shape index (κ3) is 3.26. The van der Waals surface area contributed by atoms with Crippen molar-refractivity contribution in [3.8, 4) is 0 Å². The molecule has 2 aromatic rings. The number of nitrogens with zero attached hydrogens (tertiary/aromatic N) is 2. The summed E-state index contributed by atoms with van der Waals surface area (Å²) in [5.74, 6) is -2.47. The molecule has 9 heteroatoms. The molecule has 0 saturated carbocycles. The lowest BCUT2D eigenvalue weighted by atomic mass is 10.3. The lowest BCUT2D eigenvalue weighted by Gasteiger charge is -2.05. The van der Waals surface area contributed by atoms with Crippen molar-refractivity contribution >= 4 is 35.1 Å². The van der Waals surface area contributed by atoms with Crippen LogP contribution < -0.4 is 10.6 Å². The Bertz CT molecular complexity index is 616. The summed E-state index contributed by atoms with van der Waals surface area (Å²) >= 11 is 5.54. The average Bonchev–Trinajstić information content (AvgIpc) is 2.86. The molecule has 3 N–H and O–H groups in total. The van der Waals surface area contributed by atoms with Crippen molar-refractivity contribution in [1.82, 2.24) is 15.2 Å². The Balaban J connectivity index is 2.00. The quantitative estimate of drug-likeness (QED) is 0.720. The highest BCUT2D eigenvalue weighted by molar-refractivity contribution is 6.43. The molecule has 19 heavy (non-hydrogen) atoms. The van der Waals surface area contributed by atoms with E-state index in [1.54, 1.807) is 0 Å². The maximum atomic E-state index is 12.9. The van der Waals surface area contributed by atoms with E-state index in [4.69, 9.17) is 11.6 Å². The zero-order valence-corrected chi connectivity index (χ0v) is 10.0. The van der Waals surface area contributed by atoms with Crippen LogP contribution >= 0.6 is 11.6 Å². The van der Waals surface area contributed by atoms with Crippen molar-refractivity contribution in [2.24, 2.45) is 0 Å². The van der Waals surface area contributed by atoms with Gasteiger partial charge in [-0.2, -0.15) is 10.1 Å². The lowest BCUT2D eigenvalue weighted by Crippen LogP contribution is -2.29. The Morgan fingerprint density at radius 2 is 2.00 bits per heavy atom. The predicted molar refractivity (Wildman–Crippen MR) is 65.1 cm³/mol. The van der Waals surface area contributed by atoms with Crippen molar-refractivity contribution in [2.45, 2.75) is 0 Å². The van der Waals surface area contributed by atoms with Crippen molar-refractivity contribution in [3.63, 3.8) is 0 Å². The lowest BCUT2D eigenvalue weighted by molar-refractivity contribution is -0.133. The number of carbonyl (C=O) groups is 2. The number of aromatic nitrogens is 3. The fourth-order valence-corrected chi connectivity index (χ4v) is 1.37. The maximum Gasteiger partial charge on any atom is 0.316 e. The van der Waals surface area contributed by atoms with Crippen LogP contribution in [-0.4, -0.2) is 27.0 Å². The van der Waals surface area contributed by atoms with Gasteiger partial charge < -0.3 is 5.32 Å². The minimum atomic E-state index is -0.947. The molecule has 0 aliphatic heterocycles. The standard InChI is InChI=1S/C10H7ClFN5O2/c11-6-3-5(1-2-7(6)12)15-8(18)9(19)16-10-13-4-14-17-10/h1-4H,(H,15,18)(H2,13,14,16,17,19). The molecule has 0 aliphatic carbocycles.